The average Bonchev–Trinajstić information content (AvgIpc) is 3.07. The van der Waals surface area contributed by atoms with Crippen molar-refractivity contribution < 1.29 is 14.3 Å². The molecule has 0 saturated heterocycles. The number of hydrogen-bond donors (Lipinski definition) is 3. The Bertz CT molecular complexity index is 412. The summed E-state index contributed by atoms with van der Waals surface area (Å²) >= 11 is 0. The topological polar surface area (TPSA) is 75.4 Å². The number of hydrogen-bond acceptors (Lipinski definition) is 3. The third-order valence-corrected chi connectivity index (χ3v) is 2.82. The van der Waals surface area contributed by atoms with Gasteiger partial charge in [0.2, 0.25) is 0 Å². The molecule has 0 aromatic heterocycles. The van der Waals surface area contributed by atoms with Crippen molar-refractivity contribution in [2.45, 2.75) is 18.9 Å². The van der Waals surface area contributed by atoms with E-state index in [9.17, 15) is 14.3 Å². The second-order valence-corrected chi connectivity index (χ2v) is 4.39. The molecule has 1 atom stereocenters. The number of aliphatic hydroxyl groups excluding tert-OH is 1. The Kier molecular flexibility index (Phi) is 3.28. The Balaban J connectivity index is 1.94. The Morgan fingerprint density at radius 1 is 1.53 bits per heavy atom. The van der Waals surface area contributed by atoms with E-state index in [4.69, 9.17) is 5.73 Å². The Morgan fingerprint density at radius 2 is 2.24 bits per heavy atom. The number of nitrogens with one attached hydrogen (secondary N) is 1. The molecule has 1 aliphatic carbocycles. The second-order valence-electron chi connectivity index (χ2n) is 4.39. The van der Waals surface area contributed by atoms with E-state index in [1.54, 1.807) is 0 Å². The normalized spacial score (nSPS) is 16.6. The summed E-state index contributed by atoms with van der Waals surface area (Å²) < 4.78 is 13.0. The number of nitrogens with two attached hydrogens (primary N) is 1. The summed E-state index contributed by atoms with van der Waals surface area (Å²) in [5.41, 5.74) is 5.82. The van der Waals surface area contributed by atoms with Crippen LogP contribution in [-0.4, -0.2) is 23.7 Å². The molecule has 1 aliphatic rings. The van der Waals surface area contributed by atoms with E-state index in [1.165, 1.54) is 6.07 Å². The molecule has 17 heavy (non-hydrogen) atoms. The minimum atomic E-state index is -0.544. The smallest absolute Gasteiger partial charge is 0.251 e. The number of carbonyl (C=O) groups excluding carboxylic acids is 1. The monoisotopic (exact) mass is 238 g/mol. The molecule has 1 aromatic rings. The van der Waals surface area contributed by atoms with E-state index in [-0.39, 0.29) is 17.8 Å². The first-order chi connectivity index (χ1) is 8.06. The predicted molar refractivity (Wildman–Crippen MR) is 61.9 cm³/mol. The maximum absolute atomic E-state index is 13.0. The van der Waals surface area contributed by atoms with Crippen LogP contribution >= 0.6 is 0 Å². The Labute approximate surface area is 98.6 Å². The first-order valence-electron chi connectivity index (χ1n) is 5.58. The fourth-order valence-corrected chi connectivity index (χ4v) is 1.69. The fraction of sp³-hybridized carbons (Fsp3) is 0.417. The predicted octanol–water partition coefficient (Wildman–Crippen LogP) is 0.909. The van der Waals surface area contributed by atoms with Crippen LogP contribution in [0.3, 0.4) is 0 Å². The van der Waals surface area contributed by atoms with Crippen molar-refractivity contribution in [3.05, 3.63) is 29.6 Å². The van der Waals surface area contributed by atoms with Crippen molar-refractivity contribution >= 4 is 11.6 Å². The largest absolute Gasteiger partial charge is 0.399 e. The van der Waals surface area contributed by atoms with Crippen LogP contribution in [-0.2, 0) is 0 Å². The van der Waals surface area contributed by atoms with Gasteiger partial charge in [0.1, 0.15) is 5.82 Å². The van der Waals surface area contributed by atoms with Gasteiger partial charge in [-0.25, -0.2) is 4.39 Å². The molecule has 0 bridgehead atoms. The number of halogens is 1. The first kappa shape index (κ1) is 11.9. The molecule has 0 radical (unpaired) electrons. The number of carbonyl (C=O) groups is 1. The van der Waals surface area contributed by atoms with E-state index >= 15 is 0 Å². The van der Waals surface area contributed by atoms with Crippen LogP contribution in [0.15, 0.2) is 18.2 Å². The number of aliphatic hydroxyl groups is 1. The molecule has 0 aliphatic heterocycles. The van der Waals surface area contributed by atoms with E-state index in [2.05, 4.69) is 5.32 Å². The van der Waals surface area contributed by atoms with Gasteiger partial charge in [0.15, 0.2) is 0 Å². The molecule has 0 spiro atoms. The highest BCUT2D eigenvalue weighted by atomic mass is 19.1. The molecule has 1 aromatic carbocycles. The zero-order valence-electron chi connectivity index (χ0n) is 9.32. The van der Waals surface area contributed by atoms with Gasteiger partial charge in [0.05, 0.1) is 6.10 Å². The Hall–Kier alpha value is -1.62. The SMILES string of the molecule is Nc1cc(F)cc(C(=O)NCC(O)C2CC2)c1. The number of rotatable bonds is 4. The molecule has 92 valence electrons. The molecule has 1 fully saturated rings. The highest BCUT2D eigenvalue weighted by Gasteiger charge is 2.29. The lowest BCUT2D eigenvalue weighted by Gasteiger charge is -2.10. The van der Waals surface area contributed by atoms with Crippen LogP contribution in [0.1, 0.15) is 23.2 Å². The summed E-state index contributed by atoms with van der Waals surface area (Å²) in [5, 5.41) is 12.1. The number of amides is 1. The molecule has 1 amide bonds. The Morgan fingerprint density at radius 3 is 2.82 bits per heavy atom. The molecule has 5 heteroatoms. The van der Waals surface area contributed by atoms with E-state index < -0.39 is 17.8 Å². The lowest BCUT2D eigenvalue weighted by Crippen LogP contribution is -2.33. The summed E-state index contributed by atoms with van der Waals surface area (Å²) in [5.74, 6) is -0.665. The van der Waals surface area contributed by atoms with E-state index in [1.807, 2.05) is 0 Å². The summed E-state index contributed by atoms with van der Waals surface area (Å²) in [7, 11) is 0. The lowest BCUT2D eigenvalue weighted by molar-refractivity contribution is 0.0901. The molecular formula is C12H15FN2O2. The minimum absolute atomic E-state index is 0.172. The van der Waals surface area contributed by atoms with Gasteiger partial charge in [-0.1, -0.05) is 0 Å². The van der Waals surface area contributed by atoms with Gasteiger partial charge in [0, 0.05) is 17.8 Å². The molecular weight excluding hydrogens is 223 g/mol. The fourth-order valence-electron chi connectivity index (χ4n) is 1.69. The second kappa shape index (κ2) is 4.71. The van der Waals surface area contributed by atoms with Crippen LogP contribution in [0.25, 0.3) is 0 Å². The first-order valence-corrected chi connectivity index (χ1v) is 5.58. The third kappa shape index (κ3) is 3.17. The van der Waals surface area contributed by atoms with Crippen LogP contribution in [0.4, 0.5) is 10.1 Å². The van der Waals surface area contributed by atoms with Gasteiger partial charge in [-0.15, -0.1) is 0 Å². The molecule has 1 unspecified atom stereocenters. The number of anilines is 1. The van der Waals surface area contributed by atoms with Crippen LogP contribution < -0.4 is 11.1 Å². The van der Waals surface area contributed by atoms with Crippen LogP contribution in [0, 0.1) is 11.7 Å². The van der Waals surface area contributed by atoms with Gasteiger partial charge in [-0.3, -0.25) is 4.79 Å². The van der Waals surface area contributed by atoms with Gasteiger partial charge in [0.25, 0.3) is 5.91 Å². The van der Waals surface area contributed by atoms with Gasteiger partial charge >= 0.3 is 0 Å². The zero-order chi connectivity index (χ0) is 12.4. The average molecular weight is 238 g/mol. The van der Waals surface area contributed by atoms with Gasteiger partial charge in [-0.2, -0.15) is 0 Å². The molecule has 4 nitrogen and oxygen atoms in total. The van der Waals surface area contributed by atoms with Crippen LogP contribution in [0.2, 0.25) is 0 Å². The van der Waals surface area contributed by atoms with Crippen LogP contribution in [0.5, 0.6) is 0 Å². The zero-order valence-corrected chi connectivity index (χ0v) is 9.32. The molecule has 4 N–H and O–H groups in total. The molecule has 0 heterocycles. The quantitative estimate of drug-likeness (QED) is 0.682. The minimum Gasteiger partial charge on any atom is -0.399 e. The van der Waals surface area contributed by atoms with Gasteiger partial charge < -0.3 is 16.2 Å². The van der Waals surface area contributed by atoms with Crippen molar-refractivity contribution in [3.8, 4) is 0 Å². The van der Waals surface area contributed by atoms with Crippen molar-refractivity contribution in [1.29, 1.82) is 0 Å². The van der Waals surface area contributed by atoms with Crippen molar-refractivity contribution in [2.24, 2.45) is 5.92 Å². The lowest BCUT2D eigenvalue weighted by atomic mass is 10.1. The third-order valence-electron chi connectivity index (χ3n) is 2.82. The summed E-state index contributed by atoms with van der Waals surface area (Å²) in [6.07, 6.45) is 1.50. The standard InChI is InChI=1S/C12H15FN2O2/c13-9-3-8(4-10(14)5-9)12(17)15-6-11(16)7-1-2-7/h3-5,7,11,16H,1-2,6,14H2,(H,15,17). The summed E-state index contributed by atoms with van der Waals surface area (Å²) in [4.78, 5) is 11.7. The number of benzene rings is 1. The van der Waals surface area contributed by atoms with Gasteiger partial charge in [-0.05, 0) is 37.0 Å². The highest BCUT2D eigenvalue weighted by molar-refractivity contribution is 5.95. The molecule has 1 saturated carbocycles. The van der Waals surface area contributed by atoms with E-state index in [0.717, 1.165) is 25.0 Å². The van der Waals surface area contributed by atoms with Crippen molar-refractivity contribution in [3.63, 3.8) is 0 Å². The summed E-state index contributed by atoms with van der Waals surface area (Å²) in [6.45, 7) is 0.194. The molecule has 2 rings (SSSR count). The maximum Gasteiger partial charge on any atom is 0.251 e. The maximum atomic E-state index is 13.0. The highest BCUT2D eigenvalue weighted by Crippen LogP contribution is 2.32. The number of nitrogen functional groups attached to an aromatic ring is 1. The van der Waals surface area contributed by atoms with Crippen molar-refractivity contribution in [1.82, 2.24) is 5.32 Å². The van der Waals surface area contributed by atoms with Crippen molar-refractivity contribution in [2.75, 3.05) is 12.3 Å². The van der Waals surface area contributed by atoms with E-state index in [0.29, 0.717) is 5.92 Å². The summed E-state index contributed by atoms with van der Waals surface area (Å²) in [6, 6.07) is 3.67.